The van der Waals surface area contributed by atoms with Crippen LogP contribution in [0.3, 0.4) is 0 Å². The topological polar surface area (TPSA) is 88.4 Å². The van der Waals surface area contributed by atoms with Crippen LogP contribution in [0.15, 0.2) is 24.3 Å². The van der Waals surface area contributed by atoms with Crippen LogP contribution in [-0.4, -0.2) is 30.6 Å². The van der Waals surface area contributed by atoms with Crippen LogP contribution < -0.4 is 10.1 Å². The molecule has 2 rings (SSSR count). The second-order valence-corrected chi connectivity index (χ2v) is 6.53. The van der Waals surface area contributed by atoms with Gasteiger partial charge in [0.1, 0.15) is 5.75 Å². The lowest BCUT2D eigenvalue weighted by Gasteiger charge is -2.26. The predicted molar refractivity (Wildman–Crippen MR) is 91.8 cm³/mol. The lowest BCUT2D eigenvalue weighted by molar-refractivity contribution is -0.154. The molecule has 0 bridgehead atoms. The van der Waals surface area contributed by atoms with Crippen molar-refractivity contribution in [3.05, 3.63) is 29.8 Å². The largest absolute Gasteiger partial charge is 0.479 e. The van der Waals surface area contributed by atoms with Crippen molar-refractivity contribution in [1.29, 1.82) is 5.26 Å². The molecule has 25 heavy (non-hydrogen) atoms. The molecule has 6 heteroatoms. The summed E-state index contributed by atoms with van der Waals surface area (Å²) in [5.41, 5.74) is 0.511. The number of nitriles is 1. The van der Waals surface area contributed by atoms with Crippen molar-refractivity contribution in [3.8, 4) is 11.8 Å². The maximum atomic E-state index is 11.9. The molecule has 0 aromatic heterocycles. The van der Waals surface area contributed by atoms with E-state index in [0.717, 1.165) is 25.7 Å². The molecule has 0 heterocycles. The minimum absolute atomic E-state index is 0.176. The maximum Gasteiger partial charge on any atom is 0.347 e. The molecule has 0 radical (unpaired) electrons. The fourth-order valence-corrected chi connectivity index (χ4v) is 2.79. The van der Waals surface area contributed by atoms with Gasteiger partial charge in [-0.25, -0.2) is 4.79 Å². The van der Waals surface area contributed by atoms with Crippen LogP contribution in [0.4, 0.5) is 0 Å². The maximum absolute atomic E-state index is 11.9. The third-order valence-electron chi connectivity index (χ3n) is 4.35. The minimum Gasteiger partial charge on any atom is -0.479 e. The summed E-state index contributed by atoms with van der Waals surface area (Å²) < 4.78 is 10.5. The molecule has 1 aromatic carbocycles. The molecule has 1 atom stereocenters. The normalized spacial score (nSPS) is 20.8. The van der Waals surface area contributed by atoms with E-state index in [0.29, 0.717) is 17.2 Å². The Kier molecular flexibility index (Phi) is 6.81. The van der Waals surface area contributed by atoms with Crippen molar-refractivity contribution in [3.63, 3.8) is 0 Å². The number of amides is 1. The zero-order chi connectivity index (χ0) is 18.2. The van der Waals surface area contributed by atoms with E-state index in [-0.39, 0.29) is 18.6 Å². The third-order valence-corrected chi connectivity index (χ3v) is 4.35. The van der Waals surface area contributed by atoms with E-state index in [1.165, 1.54) is 0 Å². The van der Waals surface area contributed by atoms with Gasteiger partial charge in [0.05, 0.1) is 11.6 Å². The average molecular weight is 344 g/mol. The Bertz CT molecular complexity index is 628. The Hall–Kier alpha value is -2.55. The smallest absolute Gasteiger partial charge is 0.347 e. The van der Waals surface area contributed by atoms with Crippen molar-refractivity contribution >= 4 is 11.9 Å². The highest BCUT2D eigenvalue weighted by Crippen LogP contribution is 2.23. The number of rotatable bonds is 6. The first-order valence-corrected chi connectivity index (χ1v) is 8.60. The Labute approximate surface area is 148 Å². The molecule has 0 unspecified atom stereocenters. The van der Waals surface area contributed by atoms with Crippen LogP contribution in [0.25, 0.3) is 0 Å². The number of hydrogen-bond donors (Lipinski definition) is 1. The summed E-state index contributed by atoms with van der Waals surface area (Å²) in [6.45, 7) is 3.47. The predicted octanol–water partition coefficient (Wildman–Crippen LogP) is 2.56. The van der Waals surface area contributed by atoms with Crippen LogP contribution in [0.1, 0.15) is 45.1 Å². The van der Waals surface area contributed by atoms with Crippen LogP contribution >= 0.6 is 0 Å². The standard InChI is InChI=1S/C19H24N2O4/c1-13-3-7-16(8-4-13)21-18(22)12-24-19(23)14(2)25-17-9-5-15(11-20)6-10-17/h5-6,9-10,13-14,16H,3-4,7-8,12H2,1-2H3,(H,21,22)/t13?,14-,16?/m1/s1. The summed E-state index contributed by atoms with van der Waals surface area (Å²) >= 11 is 0. The summed E-state index contributed by atoms with van der Waals surface area (Å²) in [4.78, 5) is 23.8. The molecule has 6 nitrogen and oxygen atoms in total. The van der Waals surface area contributed by atoms with Crippen molar-refractivity contribution in [1.82, 2.24) is 5.32 Å². The molecule has 0 saturated heterocycles. The van der Waals surface area contributed by atoms with E-state index in [4.69, 9.17) is 14.7 Å². The van der Waals surface area contributed by atoms with Crippen molar-refractivity contribution in [2.24, 2.45) is 5.92 Å². The quantitative estimate of drug-likeness (QED) is 0.801. The van der Waals surface area contributed by atoms with E-state index < -0.39 is 12.1 Å². The molecule has 1 N–H and O–H groups in total. The van der Waals surface area contributed by atoms with Gasteiger partial charge < -0.3 is 14.8 Å². The number of esters is 1. The van der Waals surface area contributed by atoms with Gasteiger partial charge in [0.15, 0.2) is 12.7 Å². The molecule has 1 aromatic rings. The second-order valence-electron chi connectivity index (χ2n) is 6.53. The van der Waals surface area contributed by atoms with Crippen molar-refractivity contribution < 1.29 is 19.1 Å². The van der Waals surface area contributed by atoms with Crippen LogP contribution in [0.5, 0.6) is 5.75 Å². The Morgan fingerprint density at radius 2 is 1.88 bits per heavy atom. The molecule has 1 aliphatic rings. The van der Waals surface area contributed by atoms with Gasteiger partial charge in [0, 0.05) is 6.04 Å². The number of carbonyl (C=O) groups is 2. The number of nitrogens with zero attached hydrogens (tertiary/aromatic N) is 1. The highest BCUT2D eigenvalue weighted by Gasteiger charge is 2.21. The van der Waals surface area contributed by atoms with Crippen LogP contribution in [-0.2, 0) is 14.3 Å². The molecule has 134 valence electrons. The number of hydrogen-bond acceptors (Lipinski definition) is 5. The van der Waals surface area contributed by atoms with Gasteiger partial charge in [0.2, 0.25) is 0 Å². The lowest BCUT2D eigenvalue weighted by atomic mass is 9.87. The average Bonchev–Trinajstić information content (AvgIpc) is 2.62. The second kappa shape index (κ2) is 9.07. The first kappa shape index (κ1) is 18.8. The van der Waals surface area contributed by atoms with Crippen LogP contribution in [0.2, 0.25) is 0 Å². The monoisotopic (exact) mass is 344 g/mol. The summed E-state index contributed by atoms with van der Waals surface area (Å²) in [5.74, 6) is 0.297. The van der Waals surface area contributed by atoms with E-state index in [1.54, 1.807) is 31.2 Å². The first-order valence-electron chi connectivity index (χ1n) is 8.60. The van der Waals surface area contributed by atoms with Crippen LogP contribution in [0, 0.1) is 17.2 Å². The highest BCUT2D eigenvalue weighted by molar-refractivity contribution is 5.82. The summed E-state index contributed by atoms with van der Waals surface area (Å²) in [7, 11) is 0. The molecule has 1 aliphatic carbocycles. The molecular weight excluding hydrogens is 320 g/mol. The van der Waals surface area contributed by atoms with Gasteiger partial charge in [-0.05, 0) is 62.8 Å². The van der Waals surface area contributed by atoms with E-state index in [2.05, 4.69) is 12.2 Å². The molecular formula is C19H24N2O4. The fraction of sp³-hybridized carbons (Fsp3) is 0.526. The molecule has 1 fully saturated rings. The fourth-order valence-electron chi connectivity index (χ4n) is 2.79. The summed E-state index contributed by atoms with van der Waals surface area (Å²) in [5, 5.41) is 11.7. The lowest BCUT2D eigenvalue weighted by Crippen LogP contribution is -2.40. The minimum atomic E-state index is -0.837. The third kappa shape index (κ3) is 6.11. The van der Waals surface area contributed by atoms with Gasteiger partial charge in [0.25, 0.3) is 5.91 Å². The van der Waals surface area contributed by atoms with E-state index in [9.17, 15) is 9.59 Å². The van der Waals surface area contributed by atoms with Gasteiger partial charge in [-0.1, -0.05) is 6.92 Å². The SMILES string of the molecule is CC1CCC(NC(=O)COC(=O)[C@@H](C)Oc2ccc(C#N)cc2)CC1. The zero-order valence-electron chi connectivity index (χ0n) is 14.7. The highest BCUT2D eigenvalue weighted by atomic mass is 16.6. The number of benzene rings is 1. The van der Waals surface area contributed by atoms with Crippen molar-refractivity contribution in [2.75, 3.05) is 6.61 Å². The Morgan fingerprint density at radius 1 is 1.24 bits per heavy atom. The molecule has 0 aliphatic heterocycles. The molecule has 1 saturated carbocycles. The number of carbonyl (C=O) groups excluding carboxylic acids is 2. The van der Waals surface area contributed by atoms with Crippen molar-refractivity contribution in [2.45, 2.75) is 51.7 Å². The van der Waals surface area contributed by atoms with Gasteiger partial charge in [-0.3, -0.25) is 4.79 Å². The van der Waals surface area contributed by atoms with Gasteiger partial charge in [-0.15, -0.1) is 0 Å². The van der Waals surface area contributed by atoms with Gasteiger partial charge >= 0.3 is 5.97 Å². The van der Waals surface area contributed by atoms with E-state index >= 15 is 0 Å². The molecule has 1 amide bonds. The summed E-state index contributed by atoms with van der Waals surface area (Å²) in [6, 6.07) is 8.61. The molecule has 0 spiro atoms. The number of nitrogens with one attached hydrogen (secondary N) is 1. The Balaban J connectivity index is 1.71. The van der Waals surface area contributed by atoms with Gasteiger partial charge in [-0.2, -0.15) is 5.26 Å². The summed E-state index contributed by atoms with van der Waals surface area (Å²) in [6.07, 6.45) is 3.33. The first-order chi connectivity index (χ1) is 12.0. The number of ether oxygens (including phenoxy) is 2. The zero-order valence-corrected chi connectivity index (χ0v) is 14.7. The Morgan fingerprint density at radius 3 is 2.48 bits per heavy atom. The van der Waals surface area contributed by atoms with E-state index in [1.807, 2.05) is 6.07 Å².